The fraction of sp³-hybridized carbons (Fsp3) is 0.185. The van der Waals surface area contributed by atoms with Crippen LogP contribution in [-0.4, -0.2) is 24.0 Å². The Morgan fingerprint density at radius 1 is 0.939 bits per heavy atom. The molecule has 0 radical (unpaired) electrons. The molecule has 0 atom stereocenters. The molecule has 4 N–H and O–H groups in total. The third-order valence-electron chi connectivity index (χ3n) is 5.73. The van der Waals surface area contributed by atoms with Crippen LogP contribution in [0.2, 0.25) is 0 Å². The summed E-state index contributed by atoms with van der Waals surface area (Å²) in [4.78, 5) is 27.5. The molecule has 0 saturated carbocycles. The molecule has 0 spiro atoms. The van der Waals surface area contributed by atoms with Gasteiger partial charge in [-0.3, -0.25) is 4.79 Å². The molecule has 0 unspecified atom stereocenters. The zero-order chi connectivity index (χ0) is 23.4. The number of anilines is 2. The van der Waals surface area contributed by atoms with Gasteiger partial charge in [-0.25, -0.2) is 4.79 Å². The van der Waals surface area contributed by atoms with Gasteiger partial charge in [-0.15, -0.1) is 0 Å². The van der Waals surface area contributed by atoms with E-state index in [1.807, 2.05) is 61.5 Å². The Bertz CT molecular complexity index is 1290. The standard InChI is InChI=1S/C27H27N3O3/c1-17-6-15-22-23(16-17)30-25(28)24(22)26(31)29-21-13-9-19(10-14-21)5-3-4-18-7-11-20(12-8-18)27(32)33-2/h6-16,30H,3-5,28H2,1-2H3,(H,29,31). The van der Waals surface area contributed by atoms with Crippen molar-refractivity contribution in [1.82, 2.24) is 4.98 Å². The summed E-state index contributed by atoms with van der Waals surface area (Å²) >= 11 is 0. The summed E-state index contributed by atoms with van der Waals surface area (Å²) in [5.41, 5.74) is 12.2. The van der Waals surface area contributed by atoms with E-state index in [0.717, 1.165) is 41.4 Å². The van der Waals surface area contributed by atoms with Crippen molar-refractivity contribution in [2.45, 2.75) is 26.2 Å². The zero-order valence-corrected chi connectivity index (χ0v) is 18.8. The molecule has 33 heavy (non-hydrogen) atoms. The van der Waals surface area contributed by atoms with Crippen LogP contribution >= 0.6 is 0 Å². The van der Waals surface area contributed by atoms with E-state index in [-0.39, 0.29) is 11.9 Å². The number of rotatable bonds is 7. The van der Waals surface area contributed by atoms with Gasteiger partial charge in [0.25, 0.3) is 5.91 Å². The molecule has 0 aliphatic rings. The lowest BCUT2D eigenvalue weighted by atomic mass is 10.0. The number of benzene rings is 3. The molecule has 6 heteroatoms. The van der Waals surface area contributed by atoms with E-state index in [1.54, 1.807) is 12.1 Å². The lowest BCUT2D eigenvalue weighted by Crippen LogP contribution is -2.13. The van der Waals surface area contributed by atoms with Crippen molar-refractivity contribution >= 4 is 34.3 Å². The minimum absolute atomic E-state index is 0.231. The fourth-order valence-electron chi connectivity index (χ4n) is 3.95. The fourth-order valence-corrected chi connectivity index (χ4v) is 3.95. The average Bonchev–Trinajstić information content (AvgIpc) is 3.15. The number of carbonyl (C=O) groups excluding carboxylic acids is 2. The number of H-pyrrole nitrogens is 1. The molecule has 168 valence electrons. The zero-order valence-electron chi connectivity index (χ0n) is 18.8. The molecule has 4 rings (SSSR count). The number of nitrogens with two attached hydrogens (primary N) is 1. The van der Waals surface area contributed by atoms with Crippen molar-refractivity contribution in [2.24, 2.45) is 0 Å². The maximum atomic E-state index is 12.9. The first-order valence-corrected chi connectivity index (χ1v) is 10.9. The first kappa shape index (κ1) is 22.1. The van der Waals surface area contributed by atoms with E-state index >= 15 is 0 Å². The minimum Gasteiger partial charge on any atom is -0.465 e. The van der Waals surface area contributed by atoms with Crippen molar-refractivity contribution < 1.29 is 14.3 Å². The van der Waals surface area contributed by atoms with Gasteiger partial charge < -0.3 is 20.8 Å². The van der Waals surface area contributed by atoms with Gasteiger partial charge in [-0.2, -0.15) is 0 Å². The second-order valence-electron chi connectivity index (χ2n) is 8.16. The first-order valence-electron chi connectivity index (χ1n) is 10.9. The van der Waals surface area contributed by atoms with Gasteiger partial charge in [-0.05, 0) is 73.2 Å². The number of fused-ring (bicyclic) bond motifs is 1. The highest BCUT2D eigenvalue weighted by atomic mass is 16.5. The molecule has 0 aliphatic carbocycles. The summed E-state index contributed by atoms with van der Waals surface area (Å²) in [5.74, 6) is -0.189. The molecule has 0 saturated heterocycles. The largest absolute Gasteiger partial charge is 0.465 e. The first-order chi connectivity index (χ1) is 15.9. The smallest absolute Gasteiger partial charge is 0.337 e. The summed E-state index contributed by atoms with van der Waals surface area (Å²) in [7, 11) is 1.38. The van der Waals surface area contributed by atoms with Crippen LogP contribution in [0.25, 0.3) is 10.9 Å². The number of aryl methyl sites for hydroxylation is 3. The molecular weight excluding hydrogens is 414 g/mol. The van der Waals surface area contributed by atoms with E-state index in [2.05, 4.69) is 10.3 Å². The Kier molecular flexibility index (Phi) is 6.45. The molecule has 0 bridgehead atoms. The maximum Gasteiger partial charge on any atom is 0.337 e. The van der Waals surface area contributed by atoms with E-state index in [1.165, 1.54) is 18.2 Å². The second kappa shape index (κ2) is 9.61. The van der Waals surface area contributed by atoms with Crippen molar-refractivity contribution in [3.8, 4) is 0 Å². The Labute approximate surface area is 192 Å². The van der Waals surface area contributed by atoms with Crippen LogP contribution in [-0.2, 0) is 17.6 Å². The maximum absolute atomic E-state index is 12.9. The number of amides is 1. The Balaban J connectivity index is 1.33. The van der Waals surface area contributed by atoms with Gasteiger partial charge in [0.05, 0.1) is 18.2 Å². The average molecular weight is 442 g/mol. The highest BCUT2D eigenvalue weighted by Crippen LogP contribution is 2.26. The van der Waals surface area contributed by atoms with Gasteiger partial charge in [-0.1, -0.05) is 36.4 Å². The molecule has 6 nitrogen and oxygen atoms in total. The van der Waals surface area contributed by atoms with E-state index in [9.17, 15) is 9.59 Å². The number of ether oxygens (including phenoxy) is 1. The lowest BCUT2D eigenvalue weighted by Gasteiger charge is -2.08. The molecule has 1 amide bonds. The Morgan fingerprint density at radius 2 is 1.58 bits per heavy atom. The van der Waals surface area contributed by atoms with Crippen LogP contribution in [0, 0.1) is 6.92 Å². The number of aromatic amines is 1. The number of aromatic nitrogens is 1. The minimum atomic E-state index is -0.323. The van der Waals surface area contributed by atoms with Crippen LogP contribution < -0.4 is 11.1 Å². The van der Waals surface area contributed by atoms with Gasteiger partial charge in [0.2, 0.25) is 0 Å². The predicted octanol–water partition coefficient (Wildman–Crippen LogP) is 5.27. The van der Waals surface area contributed by atoms with E-state index in [0.29, 0.717) is 16.9 Å². The van der Waals surface area contributed by atoms with Crippen LogP contribution in [0.4, 0.5) is 11.5 Å². The number of carbonyl (C=O) groups is 2. The highest BCUT2D eigenvalue weighted by Gasteiger charge is 2.17. The molecule has 4 aromatic rings. The quantitative estimate of drug-likeness (QED) is 0.340. The summed E-state index contributed by atoms with van der Waals surface area (Å²) < 4.78 is 4.73. The summed E-state index contributed by atoms with van der Waals surface area (Å²) in [5, 5.41) is 3.76. The Hall–Kier alpha value is -4.06. The molecule has 0 fully saturated rings. The monoisotopic (exact) mass is 441 g/mol. The number of hydrogen-bond acceptors (Lipinski definition) is 4. The van der Waals surface area contributed by atoms with Gasteiger partial charge in [0, 0.05) is 16.6 Å². The number of methoxy groups -OCH3 is 1. The topological polar surface area (TPSA) is 97.2 Å². The van der Waals surface area contributed by atoms with Crippen molar-refractivity contribution in [3.63, 3.8) is 0 Å². The van der Waals surface area contributed by atoms with E-state index < -0.39 is 0 Å². The lowest BCUT2D eigenvalue weighted by molar-refractivity contribution is 0.0600. The van der Waals surface area contributed by atoms with Crippen LogP contribution in [0.1, 0.15) is 43.8 Å². The molecule has 1 heterocycles. The van der Waals surface area contributed by atoms with Crippen molar-refractivity contribution in [1.29, 1.82) is 0 Å². The molecule has 0 aliphatic heterocycles. The second-order valence-corrected chi connectivity index (χ2v) is 8.16. The van der Waals surface area contributed by atoms with Crippen LogP contribution in [0.5, 0.6) is 0 Å². The number of hydrogen-bond donors (Lipinski definition) is 3. The molecule has 3 aromatic carbocycles. The van der Waals surface area contributed by atoms with E-state index in [4.69, 9.17) is 10.5 Å². The highest BCUT2D eigenvalue weighted by molar-refractivity contribution is 6.16. The third kappa shape index (κ3) is 5.06. The van der Waals surface area contributed by atoms with Gasteiger partial charge in [0.1, 0.15) is 5.82 Å². The van der Waals surface area contributed by atoms with Gasteiger partial charge >= 0.3 is 5.97 Å². The summed E-state index contributed by atoms with van der Waals surface area (Å²) in [6, 6.07) is 21.2. The van der Waals surface area contributed by atoms with Gasteiger partial charge in [0.15, 0.2) is 0 Å². The SMILES string of the molecule is COC(=O)c1ccc(CCCc2ccc(NC(=O)c3c(N)[nH]c4cc(C)ccc34)cc2)cc1. The van der Waals surface area contributed by atoms with Crippen LogP contribution in [0.15, 0.2) is 66.7 Å². The number of nitrogen functional groups attached to an aromatic ring is 1. The molecule has 1 aromatic heterocycles. The normalized spacial score (nSPS) is 10.8. The summed E-state index contributed by atoms with van der Waals surface area (Å²) in [6.45, 7) is 2.00. The predicted molar refractivity (Wildman–Crippen MR) is 132 cm³/mol. The number of nitrogens with one attached hydrogen (secondary N) is 2. The van der Waals surface area contributed by atoms with Crippen molar-refractivity contribution in [2.75, 3.05) is 18.2 Å². The number of esters is 1. The molecular formula is C27H27N3O3. The summed E-state index contributed by atoms with van der Waals surface area (Å²) in [6.07, 6.45) is 2.82. The third-order valence-corrected chi connectivity index (χ3v) is 5.73. The Morgan fingerprint density at radius 3 is 2.21 bits per heavy atom. The van der Waals surface area contributed by atoms with Crippen LogP contribution in [0.3, 0.4) is 0 Å². The van der Waals surface area contributed by atoms with Crippen molar-refractivity contribution in [3.05, 3.63) is 94.5 Å².